The van der Waals surface area contributed by atoms with Gasteiger partial charge >= 0.3 is 0 Å². The number of nitriles is 1. The van der Waals surface area contributed by atoms with Crippen molar-refractivity contribution in [1.82, 2.24) is 15.3 Å². The van der Waals surface area contributed by atoms with Gasteiger partial charge in [-0.3, -0.25) is 0 Å². The molecular formula is C11H12N4O3. The normalized spacial score (nSPS) is 12.3. The maximum Gasteiger partial charge on any atom is 0.232 e. The lowest BCUT2D eigenvalue weighted by Gasteiger charge is -2.00. The van der Waals surface area contributed by atoms with Crippen molar-refractivity contribution in [3.05, 3.63) is 28.7 Å². The van der Waals surface area contributed by atoms with Crippen LogP contribution in [0.3, 0.4) is 0 Å². The maximum absolute atomic E-state index is 8.96. The minimum atomic E-state index is -0.239. The standard InChI is InChI=1S/C11H12N4O3/c1-6-8(5-12)9(14-17-6)4-10-13-11(15-18-10)7(2)16-3/h7H,4H2,1-3H3. The lowest BCUT2D eigenvalue weighted by Crippen LogP contribution is -1.99. The molecule has 0 aliphatic rings. The van der Waals surface area contributed by atoms with E-state index >= 15 is 0 Å². The third kappa shape index (κ3) is 2.24. The quantitative estimate of drug-likeness (QED) is 0.809. The summed E-state index contributed by atoms with van der Waals surface area (Å²) in [5.41, 5.74) is 0.907. The number of hydrogen-bond acceptors (Lipinski definition) is 7. The van der Waals surface area contributed by atoms with Gasteiger partial charge in [-0.1, -0.05) is 10.3 Å². The number of aromatic nitrogens is 3. The van der Waals surface area contributed by atoms with Crippen LogP contribution in [0.5, 0.6) is 0 Å². The van der Waals surface area contributed by atoms with Crippen molar-refractivity contribution < 1.29 is 13.8 Å². The SMILES string of the molecule is COC(C)c1noc(Cc2noc(C)c2C#N)n1. The molecule has 0 aromatic carbocycles. The van der Waals surface area contributed by atoms with E-state index in [1.54, 1.807) is 14.0 Å². The summed E-state index contributed by atoms with van der Waals surface area (Å²) >= 11 is 0. The van der Waals surface area contributed by atoms with E-state index < -0.39 is 0 Å². The first-order chi connectivity index (χ1) is 8.65. The molecule has 0 N–H and O–H groups in total. The van der Waals surface area contributed by atoms with E-state index in [1.807, 2.05) is 13.0 Å². The Kier molecular flexibility index (Phi) is 3.39. The molecule has 7 heteroatoms. The smallest absolute Gasteiger partial charge is 0.232 e. The van der Waals surface area contributed by atoms with E-state index in [2.05, 4.69) is 15.3 Å². The minimum Gasteiger partial charge on any atom is -0.374 e. The topological polar surface area (TPSA) is 98.0 Å². The molecule has 0 fully saturated rings. The molecule has 0 amide bonds. The Labute approximate surface area is 103 Å². The minimum absolute atomic E-state index is 0.239. The number of ether oxygens (including phenoxy) is 1. The van der Waals surface area contributed by atoms with Crippen molar-refractivity contribution in [2.45, 2.75) is 26.4 Å². The molecule has 0 aliphatic carbocycles. The zero-order valence-electron chi connectivity index (χ0n) is 10.3. The Morgan fingerprint density at radius 1 is 1.39 bits per heavy atom. The molecule has 2 rings (SSSR count). The third-order valence-corrected chi connectivity index (χ3v) is 2.56. The van der Waals surface area contributed by atoms with Gasteiger partial charge in [0.2, 0.25) is 5.89 Å². The van der Waals surface area contributed by atoms with Crippen LogP contribution in [0.2, 0.25) is 0 Å². The van der Waals surface area contributed by atoms with E-state index in [0.717, 1.165) is 0 Å². The average Bonchev–Trinajstić information content (AvgIpc) is 2.96. The van der Waals surface area contributed by atoms with E-state index in [1.165, 1.54) is 0 Å². The monoisotopic (exact) mass is 248 g/mol. The highest BCUT2D eigenvalue weighted by atomic mass is 16.5. The molecule has 2 aromatic heterocycles. The molecule has 1 unspecified atom stereocenters. The molecule has 0 saturated heterocycles. The summed E-state index contributed by atoms with van der Waals surface area (Å²) in [6.07, 6.45) is 0.0286. The zero-order valence-corrected chi connectivity index (χ0v) is 10.3. The van der Waals surface area contributed by atoms with E-state index in [-0.39, 0.29) is 12.5 Å². The first-order valence-corrected chi connectivity index (χ1v) is 5.36. The highest BCUT2D eigenvalue weighted by molar-refractivity contribution is 5.36. The van der Waals surface area contributed by atoms with Crippen molar-refractivity contribution in [2.75, 3.05) is 7.11 Å². The van der Waals surface area contributed by atoms with E-state index in [9.17, 15) is 0 Å². The van der Waals surface area contributed by atoms with Gasteiger partial charge in [-0.05, 0) is 13.8 Å². The summed E-state index contributed by atoms with van der Waals surface area (Å²) in [7, 11) is 1.56. The van der Waals surface area contributed by atoms with E-state index in [4.69, 9.17) is 19.0 Å². The lowest BCUT2D eigenvalue weighted by molar-refractivity contribution is 0.109. The van der Waals surface area contributed by atoms with Crippen LogP contribution in [-0.2, 0) is 11.2 Å². The Morgan fingerprint density at radius 2 is 2.17 bits per heavy atom. The summed E-state index contributed by atoms with van der Waals surface area (Å²) in [5.74, 6) is 1.32. The van der Waals surface area contributed by atoms with Crippen molar-refractivity contribution >= 4 is 0 Å². The van der Waals surface area contributed by atoms with Gasteiger partial charge in [-0.2, -0.15) is 10.2 Å². The summed E-state index contributed by atoms with van der Waals surface area (Å²) in [6.45, 7) is 3.50. The van der Waals surface area contributed by atoms with E-state index in [0.29, 0.717) is 28.7 Å². The van der Waals surface area contributed by atoms with Crippen molar-refractivity contribution in [1.29, 1.82) is 5.26 Å². The zero-order chi connectivity index (χ0) is 13.1. The first kappa shape index (κ1) is 12.3. The van der Waals surface area contributed by atoms with Crippen molar-refractivity contribution in [2.24, 2.45) is 0 Å². The van der Waals surface area contributed by atoms with Gasteiger partial charge in [0.25, 0.3) is 0 Å². The van der Waals surface area contributed by atoms with Crippen LogP contribution in [0, 0.1) is 18.3 Å². The highest BCUT2D eigenvalue weighted by Crippen LogP contribution is 2.17. The molecule has 0 radical (unpaired) electrons. The largest absolute Gasteiger partial charge is 0.374 e. The average molecular weight is 248 g/mol. The van der Waals surface area contributed by atoms with Gasteiger partial charge in [-0.15, -0.1) is 0 Å². The number of methoxy groups -OCH3 is 1. The Morgan fingerprint density at radius 3 is 2.83 bits per heavy atom. The summed E-state index contributed by atoms with van der Waals surface area (Å²) in [5, 5.41) is 16.6. The van der Waals surface area contributed by atoms with Crippen LogP contribution in [0.4, 0.5) is 0 Å². The molecule has 2 aromatic rings. The fraction of sp³-hybridized carbons (Fsp3) is 0.455. The van der Waals surface area contributed by atoms with Crippen LogP contribution in [0.25, 0.3) is 0 Å². The van der Waals surface area contributed by atoms with Gasteiger partial charge in [0, 0.05) is 7.11 Å². The van der Waals surface area contributed by atoms with Gasteiger partial charge in [-0.25, -0.2) is 0 Å². The Hall–Kier alpha value is -2.20. The molecule has 0 spiro atoms. The second-order valence-electron chi connectivity index (χ2n) is 3.77. The molecule has 18 heavy (non-hydrogen) atoms. The first-order valence-electron chi connectivity index (χ1n) is 5.36. The second kappa shape index (κ2) is 4.98. The van der Waals surface area contributed by atoms with Crippen molar-refractivity contribution in [3.8, 4) is 6.07 Å². The van der Waals surface area contributed by atoms with Crippen LogP contribution in [-0.4, -0.2) is 22.4 Å². The molecule has 7 nitrogen and oxygen atoms in total. The van der Waals surface area contributed by atoms with Gasteiger partial charge in [0.15, 0.2) is 11.6 Å². The van der Waals surface area contributed by atoms with Crippen LogP contribution in [0.15, 0.2) is 9.05 Å². The van der Waals surface area contributed by atoms with Gasteiger partial charge < -0.3 is 13.8 Å². The number of aryl methyl sites for hydroxylation is 1. The molecular weight excluding hydrogens is 236 g/mol. The predicted octanol–water partition coefficient (Wildman–Crippen LogP) is 1.54. The van der Waals surface area contributed by atoms with Gasteiger partial charge in [0.05, 0.1) is 6.42 Å². The van der Waals surface area contributed by atoms with Crippen LogP contribution in [0.1, 0.15) is 41.8 Å². The molecule has 0 bridgehead atoms. The Balaban J connectivity index is 2.19. The third-order valence-electron chi connectivity index (χ3n) is 2.56. The molecule has 0 aliphatic heterocycles. The van der Waals surface area contributed by atoms with Crippen LogP contribution < -0.4 is 0 Å². The lowest BCUT2D eigenvalue weighted by atomic mass is 10.2. The number of rotatable bonds is 4. The second-order valence-corrected chi connectivity index (χ2v) is 3.77. The molecule has 1 atom stereocenters. The van der Waals surface area contributed by atoms with Gasteiger partial charge in [0.1, 0.15) is 23.4 Å². The number of hydrogen-bond donors (Lipinski definition) is 0. The maximum atomic E-state index is 8.96. The highest BCUT2D eigenvalue weighted by Gasteiger charge is 2.18. The van der Waals surface area contributed by atoms with Crippen molar-refractivity contribution in [3.63, 3.8) is 0 Å². The summed E-state index contributed by atoms with van der Waals surface area (Å²) < 4.78 is 15.1. The van der Waals surface area contributed by atoms with Crippen LogP contribution >= 0.6 is 0 Å². The summed E-state index contributed by atoms with van der Waals surface area (Å²) in [6, 6.07) is 2.03. The Bertz CT molecular complexity index is 581. The molecule has 2 heterocycles. The fourth-order valence-corrected chi connectivity index (χ4v) is 1.44. The number of nitrogens with zero attached hydrogens (tertiary/aromatic N) is 4. The predicted molar refractivity (Wildman–Crippen MR) is 58.5 cm³/mol. The molecule has 94 valence electrons. The summed E-state index contributed by atoms with van der Waals surface area (Å²) in [4.78, 5) is 4.17. The fourth-order valence-electron chi connectivity index (χ4n) is 1.44. The molecule has 0 saturated carbocycles.